The van der Waals surface area contributed by atoms with Gasteiger partial charge in [0.15, 0.2) is 11.5 Å². The van der Waals surface area contributed by atoms with Gasteiger partial charge in [-0.25, -0.2) is 0 Å². The second-order valence-electron chi connectivity index (χ2n) is 5.48. The summed E-state index contributed by atoms with van der Waals surface area (Å²) in [5.41, 5.74) is 3.40. The molecule has 0 fully saturated rings. The summed E-state index contributed by atoms with van der Waals surface area (Å²) in [7, 11) is 1.60. The Labute approximate surface area is 143 Å². The monoisotopic (exact) mass is 325 g/mol. The molecule has 126 valence electrons. The zero-order valence-corrected chi connectivity index (χ0v) is 14.3. The van der Waals surface area contributed by atoms with E-state index in [1.54, 1.807) is 13.2 Å². The minimum atomic E-state index is -0.140. The smallest absolute Gasteiger partial charge is 0.244 e. The number of carbonyl (C=O) groups is 1. The summed E-state index contributed by atoms with van der Waals surface area (Å²) >= 11 is 0. The van der Waals surface area contributed by atoms with Gasteiger partial charge in [-0.2, -0.15) is 0 Å². The minimum Gasteiger partial charge on any atom is -0.493 e. The Balaban J connectivity index is 1.78. The van der Waals surface area contributed by atoms with Gasteiger partial charge in [-0.3, -0.25) is 4.79 Å². The van der Waals surface area contributed by atoms with Crippen LogP contribution in [0.5, 0.6) is 11.5 Å². The third kappa shape index (κ3) is 5.16. The van der Waals surface area contributed by atoms with Crippen LogP contribution in [0, 0.1) is 13.8 Å². The van der Waals surface area contributed by atoms with Crippen molar-refractivity contribution in [2.75, 3.05) is 20.3 Å². The number of nitrogens with one attached hydrogen (secondary N) is 1. The van der Waals surface area contributed by atoms with Crippen molar-refractivity contribution in [1.29, 1.82) is 0 Å². The topological polar surface area (TPSA) is 47.6 Å². The van der Waals surface area contributed by atoms with E-state index in [2.05, 4.69) is 18.3 Å². The summed E-state index contributed by atoms with van der Waals surface area (Å²) in [6, 6.07) is 13.6. The van der Waals surface area contributed by atoms with Crippen LogP contribution in [0.1, 0.15) is 16.7 Å². The number of para-hydroxylation sites is 2. The summed E-state index contributed by atoms with van der Waals surface area (Å²) in [5.74, 6) is 1.21. The van der Waals surface area contributed by atoms with Crippen LogP contribution >= 0.6 is 0 Å². The van der Waals surface area contributed by atoms with Crippen molar-refractivity contribution in [3.05, 3.63) is 65.2 Å². The highest BCUT2D eigenvalue weighted by molar-refractivity contribution is 5.91. The number of carbonyl (C=O) groups excluding carboxylic acids is 1. The zero-order valence-electron chi connectivity index (χ0n) is 14.3. The van der Waals surface area contributed by atoms with Crippen LogP contribution in [0.15, 0.2) is 48.5 Å². The Kier molecular flexibility index (Phi) is 6.43. The first kappa shape index (κ1) is 17.6. The lowest BCUT2D eigenvalue weighted by Gasteiger charge is -2.10. The normalized spacial score (nSPS) is 10.6. The van der Waals surface area contributed by atoms with Gasteiger partial charge in [-0.1, -0.05) is 35.9 Å². The lowest BCUT2D eigenvalue weighted by atomic mass is 10.1. The molecule has 0 aliphatic rings. The van der Waals surface area contributed by atoms with Crippen molar-refractivity contribution in [3.8, 4) is 11.5 Å². The van der Waals surface area contributed by atoms with Crippen molar-refractivity contribution in [1.82, 2.24) is 5.32 Å². The highest BCUT2D eigenvalue weighted by atomic mass is 16.5. The number of rotatable bonds is 7. The molecule has 0 unspecified atom stereocenters. The lowest BCUT2D eigenvalue weighted by molar-refractivity contribution is -0.116. The fourth-order valence-electron chi connectivity index (χ4n) is 2.31. The van der Waals surface area contributed by atoms with Crippen LogP contribution in [-0.4, -0.2) is 26.2 Å². The van der Waals surface area contributed by atoms with Gasteiger partial charge >= 0.3 is 0 Å². The molecule has 0 heterocycles. The van der Waals surface area contributed by atoms with Crippen LogP contribution in [0.3, 0.4) is 0 Å². The van der Waals surface area contributed by atoms with Gasteiger partial charge in [0.1, 0.15) is 6.61 Å². The predicted molar refractivity (Wildman–Crippen MR) is 96.4 cm³/mol. The van der Waals surface area contributed by atoms with E-state index in [4.69, 9.17) is 9.47 Å². The Hall–Kier alpha value is -2.75. The van der Waals surface area contributed by atoms with Gasteiger partial charge in [-0.05, 0) is 43.2 Å². The van der Waals surface area contributed by atoms with Crippen molar-refractivity contribution in [3.63, 3.8) is 0 Å². The molecule has 0 atom stereocenters. The molecule has 0 aromatic heterocycles. The van der Waals surface area contributed by atoms with E-state index in [1.165, 1.54) is 5.56 Å². The highest BCUT2D eigenvalue weighted by Gasteiger charge is 2.02. The van der Waals surface area contributed by atoms with Crippen LogP contribution in [0.4, 0.5) is 0 Å². The fraction of sp³-hybridized carbons (Fsp3) is 0.250. The van der Waals surface area contributed by atoms with Crippen molar-refractivity contribution in [2.24, 2.45) is 0 Å². The molecule has 0 saturated carbocycles. The van der Waals surface area contributed by atoms with E-state index in [-0.39, 0.29) is 5.91 Å². The van der Waals surface area contributed by atoms with Crippen LogP contribution < -0.4 is 14.8 Å². The number of ether oxygens (including phenoxy) is 2. The molecule has 1 N–H and O–H groups in total. The summed E-state index contributed by atoms with van der Waals surface area (Å²) in [6.45, 7) is 4.89. The number of aryl methyl sites for hydroxylation is 2. The molecule has 24 heavy (non-hydrogen) atoms. The molecule has 0 aliphatic carbocycles. The van der Waals surface area contributed by atoms with Crippen molar-refractivity contribution < 1.29 is 14.3 Å². The molecule has 0 radical (unpaired) electrons. The van der Waals surface area contributed by atoms with Gasteiger partial charge in [0.05, 0.1) is 13.7 Å². The maximum absolute atomic E-state index is 11.9. The molecule has 2 aromatic rings. The van der Waals surface area contributed by atoms with Crippen LogP contribution in [-0.2, 0) is 4.79 Å². The molecule has 0 aliphatic heterocycles. The molecule has 2 aromatic carbocycles. The molecule has 2 rings (SSSR count). The molecule has 4 heteroatoms. The molecule has 1 amide bonds. The summed E-state index contributed by atoms with van der Waals surface area (Å²) in [4.78, 5) is 11.9. The summed E-state index contributed by atoms with van der Waals surface area (Å²) in [6.07, 6.45) is 3.37. The van der Waals surface area contributed by atoms with E-state index < -0.39 is 0 Å². The van der Waals surface area contributed by atoms with Gasteiger partial charge in [0, 0.05) is 6.08 Å². The Morgan fingerprint density at radius 3 is 2.58 bits per heavy atom. The number of amides is 1. The summed E-state index contributed by atoms with van der Waals surface area (Å²) < 4.78 is 10.8. The minimum absolute atomic E-state index is 0.140. The third-order valence-corrected chi connectivity index (χ3v) is 3.57. The maximum Gasteiger partial charge on any atom is 0.244 e. The van der Waals surface area contributed by atoms with Crippen molar-refractivity contribution >= 4 is 12.0 Å². The number of benzene rings is 2. The van der Waals surface area contributed by atoms with Crippen LogP contribution in [0.25, 0.3) is 6.08 Å². The second-order valence-corrected chi connectivity index (χ2v) is 5.48. The van der Waals surface area contributed by atoms with E-state index in [0.717, 1.165) is 11.1 Å². The Morgan fingerprint density at radius 1 is 1.12 bits per heavy atom. The quantitative estimate of drug-likeness (QED) is 0.626. The molecule has 0 bridgehead atoms. The zero-order chi connectivity index (χ0) is 17.4. The Morgan fingerprint density at radius 2 is 1.88 bits per heavy atom. The number of methoxy groups -OCH3 is 1. The van der Waals surface area contributed by atoms with E-state index in [0.29, 0.717) is 24.7 Å². The predicted octanol–water partition coefficient (Wildman–Crippen LogP) is 3.52. The number of hydrogen-bond donors (Lipinski definition) is 1. The molecule has 0 spiro atoms. The average molecular weight is 325 g/mol. The Bertz CT molecular complexity index is 723. The SMILES string of the molecule is COc1ccccc1OCCNC(=O)/C=C/c1ccc(C)cc1C. The standard InChI is InChI=1S/C20H23NO3/c1-15-8-9-17(16(2)14-15)10-11-20(22)21-12-13-24-19-7-5-4-6-18(19)23-3/h4-11,14H,12-13H2,1-3H3,(H,21,22)/b11-10+. The van der Waals surface area contributed by atoms with Gasteiger partial charge in [0.25, 0.3) is 0 Å². The fourth-order valence-corrected chi connectivity index (χ4v) is 2.31. The number of hydrogen-bond acceptors (Lipinski definition) is 3. The molecule has 0 saturated heterocycles. The van der Waals surface area contributed by atoms with Crippen molar-refractivity contribution in [2.45, 2.75) is 13.8 Å². The first-order valence-corrected chi connectivity index (χ1v) is 7.89. The highest BCUT2D eigenvalue weighted by Crippen LogP contribution is 2.25. The average Bonchev–Trinajstić information content (AvgIpc) is 2.58. The lowest BCUT2D eigenvalue weighted by Crippen LogP contribution is -2.26. The van der Waals surface area contributed by atoms with Gasteiger partial charge in [-0.15, -0.1) is 0 Å². The first-order valence-electron chi connectivity index (χ1n) is 7.89. The molecule has 4 nitrogen and oxygen atoms in total. The van der Waals surface area contributed by atoms with Crippen LogP contribution in [0.2, 0.25) is 0 Å². The van der Waals surface area contributed by atoms with E-state index in [1.807, 2.05) is 49.4 Å². The van der Waals surface area contributed by atoms with Gasteiger partial charge in [0.2, 0.25) is 5.91 Å². The maximum atomic E-state index is 11.9. The first-order chi connectivity index (χ1) is 11.6. The third-order valence-electron chi connectivity index (χ3n) is 3.57. The molecular weight excluding hydrogens is 302 g/mol. The van der Waals surface area contributed by atoms with E-state index >= 15 is 0 Å². The van der Waals surface area contributed by atoms with E-state index in [9.17, 15) is 4.79 Å². The van der Waals surface area contributed by atoms with Gasteiger partial charge < -0.3 is 14.8 Å². The summed E-state index contributed by atoms with van der Waals surface area (Å²) in [5, 5.41) is 2.80. The molecular formula is C20H23NO3. The second kappa shape index (κ2) is 8.77. The largest absolute Gasteiger partial charge is 0.493 e.